The molecule has 0 atom stereocenters. The fraction of sp³-hybridized carbons (Fsp3) is 0.167. The van der Waals surface area contributed by atoms with Crippen molar-refractivity contribution in [3.05, 3.63) is 90.6 Å². The number of carbonyl (C=O) groups is 1. The maximum absolute atomic E-state index is 12.9. The number of aromatic nitrogens is 2. The lowest BCUT2D eigenvalue weighted by Gasteiger charge is -2.36. The number of piperazine rings is 1. The Balaban J connectivity index is 1.27. The first-order valence-corrected chi connectivity index (χ1v) is 9.92. The van der Waals surface area contributed by atoms with Gasteiger partial charge < -0.3 is 9.80 Å². The Kier molecular flexibility index (Phi) is 4.48. The van der Waals surface area contributed by atoms with Gasteiger partial charge in [0.05, 0.1) is 11.2 Å². The average Bonchev–Trinajstić information content (AvgIpc) is 3.24. The van der Waals surface area contributed by atoms with Crippen LogP contribution in [-0.4, -0.2) is 46.8 Å². The number of fused-ring (bicyclic) bond motifs is 1. The molecule has 0 unspecified atom stereocenters. The molecule has 1 aliphatic heterocycles. The molecule has 5 nitrogen and oxygen atoms in total. The van der Waals surface area contributed by atoms with Gasteiger partial charge in [0.2, 0.25) is 0 Å². The maximum Gasteiger partial charge on any atom is 0.253 e. The number of benzene rings is 3. The second-order valence-corrected chi connectivity index (χ2v) is 7.29. The Labute approximate surface area is 169 Å². The number of rotatable bonds is 3. The SMILES string of the molecule is O=C(c1ccc(-n2cc3ccccc3n2)cc1)N1CCN(c2ccccc2)CC1. The van der Waals surface area contributed by atoms with Crippen molar-refractivity contribution in [1.82, 2.24) is 14.7 Å². The summed E-state index contributed by atoms with van der Waals surface area (Å²) in [7, 11) is 0. The molecule has 1 amide bonds. The summed E-state index contributed by atoms with van der Waals surface area (Å²) in [5, 5.41) is 5.70. The van der Waals surface area contributed by atoms with Crippen LogP contribution in [0.4, 0.5) is 5.69 Å². The highest BCUT2D eigenvalue weighted by Gasteiger charge is 2.22. The van der Waals surface area contributed by atoms with Crippen molar-refractivity contribution in [2.24, 2.45) is 0 Å². The van der Waals surface area contributed by atoms with Gasteiger partial charge in [0.1, 0.15) is 0 Å². The zero-order chi connectivity index (χ0) is 19.6. The van der Waals surface area contributed by atoms with E-state index in [1.165, 1.54) is 5.69 Å². The lowest BCUT2D eigenvalue weighted by Crippen LogP contribution is -2.48. The fourth-order valence-electron chi connectivity index (χ4n) is 3.84. The molecule has 0 N–H and O–H groups in total. The fourth-order valence-corrected chi connectivity index (χ4v) is 3.84. The minimum atomic E-state index is 0.0925. The number of nitrogens with zero attached hydrogens (tertiary/aromatic N) is 4. The molecule has 0 aliphatic carbocycles. The van der Waals surface area contributed by atoms with E-state index in [1.807, 2.05) is 70.4 Å². The molecule has 0 saturated carbocycles. The zero-order valence-electron chi connectivity index (χ0n) is 16.1. The first-order chi connectivity index (χ1) is 14.3. The predicted molar refractivity (Wildman–Crippen MR) is 116 cm³/mol. The Hall–Kier alpha value is -3.60. The van der Waals surface area contributed by atoms with E-state index >= 15 is 0 Å². The lowest BCUT2D eigenvalue weighted by atomic mass is 10.1. The molecule has 2 heterocycles. The molecule has 144 valence electrons. The standard InChI is InChI=1S/C24H22N4O/c29-24(27-16-14-26(15-17-27)21-7-2-1-3-8-21)19-10-12-22(13-11-19)28-18-20-6-4-5-9-23(20)25-28/h1-13,18H,14-17H2. The van der Waals surface area contributed by atoms with Gasteiger partial charge in [-0.05, 0) is 42.5 Å². The van der Waals surface area contributed by atoms with E-state index in [4.69, 9.17) is 0 Å². The summed E-state index contributed by atoms with van der Waals surface area (Å²) >= 11 is 0. The van der Waals surface area contributed by atoms with Crippen LogP contribution in [0, 0.1) is 0 Å². The first kappa shape index (κ1) is 17.5. The van der Waals surface area contributed by atoms with Gasteiger partial charge in [-0.2, -0.15) is 5.10 Å². The zero-order valence-corrected chi connectivity index (χ0v) is 16.1. The van der Waals surface area contributed by atoms with Crippen LogP contribution in [0.1, 0.15) is 10.4 Å². The van der Waals surface area contributed by atoms with Gasteiger partial charge in [0.25, 0.3) is 5.91 Å². The van der Waals surface area contributed by atoms with Crippen LogP contribution < -0.4 is 4.90 Å². The normalized spacial score (nSPS) is 14.3. The molecule has 29 heavy (non-hydrogen) atoms. The van der Waals surface area contributed by atoms with Crippen LogP contribution in [0.25, 0.3) is 16.6 Å². The van der Waals surface area contributed by atoms with E-state index in [-0.39, 0.29) is 5.91 Å². The van der Waals surface area contributed by atoms with E-state index in [0.717, 1.165) is 48.3 Å². The second kappa shape index (κ2) is 7.43. The topological polar surface area (TPSA) is 41.4 Å². The first-order valence-electron chi connectivity index (χ1n) is 9.92. The monoisotopic (exact) mass is 382 g/mol. The molecular formula is C24H22N4O. The summed E-state index contributed by atoms with van der Waals surface area (Å²) in [4.78, 5) is 17.2. The largest absolute Gasteiger partial charge is 0.368 e. The molecule has 0 radical (unpaired) electrons. The van der Waals surface area contributed by atoms with Crippen molar-refractivity contribution in [1.29, 1.82) is 0 Å². The number of carbonyl (C=O) groups excluding carboxylic acids is 1. The van der Waals surface area contributed by atoms with Crippen molar-refractivity contribution < 1.29 is 4.79 Å². The number of anilines is 1. The van der Waals surface area contributed by atoms with Crippen LogP contribution in [0.15, 0.2) is 85.1 Å². The predicted octanol–water partition coefficient (Wildman–Crippen LogP) is 3.99. The molecule has 0 bridgehead atoms. The Bertz CT molecular complexity index is 1090. The molecule has 3 aromatic carbocycles. The van der Waals surface area contributed by atoms with Gasteiger partial charge >= 0.3 is 0 Å². The van der Waals surface area contributed by atoms with Crippen LogP contribution in [-0.2, 0) is 0 Å². The van der Waals surface area contributed by atoms with Gasteiger partial charge in [0, 0.05) is 49.0 Å². The third kappa shape index (κ3) is 3.47. The van der Waals surface area contributed by atoms with Gasteiger partial charge in [0.15, 0.2) is 0 Å². The smallest absolute Gasteiger partial charge is 0.253 e. The summed E-state index contributed by atoms with van der Waals surface area (Å²) in [6.45, 7) is 3.18. The summed E-state index contributed by atoms with van der Waals surface area (Å²) < 4.78 is 1.86. The minimum Gasteiger partial charge on any atom is -0.368 e. The van der Waals surface area contributed by atoms with Gasteiger partial charge in [-0.3, -0.25) is 4.79 Å². The summed E-state index contributed by atoms with van der Waals surface area (Å²) in [6, 6.07) is 26.1. The van der Waals surface area contributed by atoms with E-state index in [0.29, 0.717) is 0 Å². The number of para-hydroxylation sites is 1. The highest BCUT2D eigenvalue weighted by Crippen LogP contribution is 2.19. The van der Waals surface area contributed by atoms with E-state index in [1.54, 1.807) is 0 Å². The summed E-state index contributed by atoms with van der Waals surface area (Å²) in [5.41, 5.74) is 3.85. The van der Waals surface area contributed by atoms with Crippen LogP contribution in [0.3, 0.4) is 0 Å². The highest BCUT2D eigenvalue weighted by atomic mass is 16.2. The van der Waals surface area contributed by atoms with Crippen molar-refractivity contribution in [2.75, 3.05) is 31.1 Å². The van der Waals surface area contributed by atoms with Crippen molar-refractivity contribution >= 4 is 22.5 Å². The number of hydrogen-bond acceptors (Lipinski definition) is 3. The molecule has 1 aromatic heterocycles. The van der Waals surface area contributed by atoms with Crippen molar-refractivity contribution in [2.45, 2.75) is 0 Å². The molecular weight excluding hydrogens is 360 g/mol. The van der Waals surface area contributed by atoms with Crippen LogP contribution in [0.5, 0.6) is 0 Å². The van der Waals surface area contributed by atoms with Crippen molar-refractivity contribution in [3.63, 3.8) is 0 Å². The molecule has 0 spiro atoms. The highest BCUT2D eigenvalue weighted by molar-refractivity contribution is 5.94. The van der Waals surface area contributed by atoms with Gasteiger partial charge in [-0.25, -0.2) is 4.68 Å². The quantitative estimate of drug-likeness (QED) is 0.538. The summed E-state index contributed by atoms with van der Waals surface area (Å²) in [5.74, 6) is 0.0925. The Morgan fingerprint density at radius 1 is 0.724 bits per heavy atom. The second-order valence-electron chi connectivity index (χ2n) is 7.29. The van der Waals surface area contributed by atoms with E-state index in [9.17, 15) is 4.79 Å². The number of hydrogen-bond donors (Lipinski definition) is 0. The third-order valence-corrected chi connectivity index (χ3v) is 5.48. The van der Waals surface area contributed by atoms with Gasteiger partial charge in [-0.15, -0.1) is 0 Å². The maximum atomic E-state index is 12.9. The Morgan fingerprint density at radius 2 is 1.41 bits per heavy atom. The molecule has 4 aromatic rings. The molecule has 1 saturated heterocycles. The third-order valence-electron chi connectivity index (χ3n) is 5.48. The van der Waals surface area contributed by atoms with Crippen LogP contribution >= 0.6 is 0 Å². The molecule has 1 aliphatic rings. The lowest BCUT2D eigenvalue weighted by molar-refractivity contribution is 0.0747. The molecule has 1 fully saturated rings. The van der Waals surface area contributed by atoms with Gasteiger partial charge in [-0.1, -0.05) is 36.4 Å². The minimum absolute atomic E-state index is 0.0925. The molecule has 5 heteroatoms. The van der Waals surface area contributed by atoms with Crippen molar-refractivity contribution in [3.8, 4) is 5.69 Å². The van der Waals surface area contributed by atoms with E-state index < -0.39 is 0 Å². The van der Waals surface area contributed by atoms with Crippen LogP contribution in [0.2, 0.25) is 0 Å². The van der Waals surface area contributed by atoms with E-state index in [2.05, 4.69) is 34.3 Å². The number of amides is 1. The average molecular weight is 382 g/mol. The summed E-state index contributed by atoms with van der Waals surface area (Å²) in [6.07, 6.45) is 2.01. The molecule has 5 rings (SSSR count). The Morgan fingerprint density at radius 3 is 2.14 bits per heavy atom.